The number of carbonyl (C=O) groups excluding carboxylic acids is 1. The molecule has 1 rings (SSSR count). The van der Waals surface area contributed by atoms with Crippen molar-refractivity contribution in [2.45, 2.75) is 53.1 Å². The summed E-state index contributed by atoms with van der Waals surface area (Å²) in [6.07, 6.45) is 2.14. The molecule has 1 fully saturated rings. The standard InChI is InChI=1S/C15H30N2O2/c1-6-16(7-2)10-8-13-9-11-17(12-13)14(18)19-15(3,4)5/h13H,6-12H2,1-5H3/t13-/m0/s1. The van der Waals surface area contributed by atoms with Crippen LogP contribution in [0.25, 0.3) is 0 Å². The van der Waals surface area contributed by atoms with E-state index in [0.717, 1.165) is 39.1 Å². The SMILES string of the molecule is CCN(CC)CC[C@H]1CCN(C(=O)OC(C)(C)C)C1. The van der Waals surface area contributed by atoms with Gasteiger partial charge in [-0.05, 0) is 59.2 Å². The minimum absolute atomic E-state index is 0.155. The molecule has 1 saturated heterocycles. The third-order valence-electron chi connectivity index (χ3n) is 3.69. The molecule has 0 aromatic rings. The molecule has 112 valence electrons. The van der Waals surface area contributed by atoms with E-state index in [9.17, 15) is 4.79 Å². The van der Waals surface area contributed by atoms with Gasteiger partial charge in [-0.3, -0.25) is 0 Å². The molecule has 0 spiro atoms. The molecule has 0 aliphatic carbocycles. The molecule has 0 N–H and O–H groups in total. The van der Waals surface area contributed by atoms with Crippen LogP contribution in [0.15, 0.2) is 0 Å². The molecule has 0 saturated carbocycles. The zero-order valence-electron chi connectivity index (χ0n) is 13.2. The van der Waals surface area contributed by atoms with Crippen LogP contribution in [0.5, 0.6) is 0 Å². The third-order valence-corrected chi connectivity index (χ3v) is 3.69. The van der Waals surface area contributed by atoms with Gasteiger partial charge in [0.2, 0.25) is 0 Å². The van der Waals surface area contributed by atoms with Gasteiger partial charge in [-0.15, -0.1) is 0 Å². The van der Waals surface area contributed by atoms with Crippen LogP contribution in [0.1, 0.15) is 47.5 Å². The van der Waals surface area contributed by atoms with Crippen molar-refractivity contribution in [1.82, 2.24) is 9.80 Å². The minimum atomic E-state index is -0.392. The highest BCUT2D eigenvalue weighted by Gasteiger charge is 2.29. The van der Waals surface area contributed by atoms with Crippen molar-refractivity contribution in [2.24, 2.45) is 5.92 Å². The van der Waals surface area contributed by atoms with Crippen molar-refractivity contribution in [3.63, 3.8) is 0 Å². The molecule has 4 heteroatoms. The van der Waals surface area contributed by atoms with Crippen molar-refractivity contribution in [2.75, 3.05) is 32.7 Å². The minimum Gasteiger partial charge on any atom is -0.444 e. The summed E-state index contributed by atoms with van der Waals surface area (Å²) >= 11 is 0. The van der Waals surface area contributed by atoms with Crippen molar-refractivity contribution in [1.29, 1.82) is 0 Å². The number of carbonyl (C=O) groups is 1. The molecule has 0 radical (unpaired) electrons. The fourth-order valence-corrected chi connectivity index (χ4v) is 2.47. The van der Waals surface area contributed by atoms with E-state index in [-0.39, 0.29) is 6.09 Å². The monoisotopic (exact) mass is 270 g/mol. The van der Waals surface area contributed by atoms with E-state index in [1.165, 1.54) is 6.42 Å². The van der Waals surface area contributed by atoms with E-state index >= 15 is 0 Å². The average Bonchev–Trinajstić information content (AvgIpc) is 2.77. The van der Waals surface area contributed by atoms with E-state index in [1.54, 1.807) is 0 Å². The van der Waals surface area contributed by atoms with Crippen LogP contribution in [0.3, 0.4) is 0 Å². The largest absolute Gasteiger partial charge is 0.444 e. The van der Waals surface area contributed by atoms with Gasteiger partial charge in [-0.2, -0.15) is 0 Å². The number of amides is 1. The van der Waals surface area contributed by atoms with Gasteiger partial charge in [0.1, 0.15) is 5.60 Å². The number of rotatable bonds is 5. The highest BCUT2D eigenvalue weighted by Crippen LogP contribution is 2.22. The fourth-order valence-electron chi connectivity index (χ4n) is 2.47. The first-order chi connectivity index (χ1) is 8.85. The molecule has 1 aliphatic rings. The number of hydrogen-bond donors (Lipinski definition) is 0. The Morgan fingerprint density at radius 1 is 1.32 bits per heavy atom. The first-order valence-electron chi connectivity index (χ1n) is 7.56. The number of nitrogens with zero attached hydrogens (tertiary/aromatic N) is 2. The number of likely N-dealkylation sites (tertiary alicyclic amines) is 1. The summed E-state index contributed by atoms with van der Waals surface area (Å²) in [5, 5.41) is 0. The van der Waals surface area contributed by atoms with Crippen molar-refractivity contribution < 1.29 is 9.53 Å². The summed E-state index contributed by atoms with van der Waals surface area (Å²) in [5.74, 6) is 0.633. The molecule has 1 atom stereocenters. The summed E-state index contributed by atoms with van der Waals surface area (Å²) in [6.45, 7) is 15.2. The van der Waals surface area contributed by atoms with Gasteiger partial charge >= 0.3 is 6.09 Å². The van der Waals surface area contributed by atoms with Crippen LogP contribution >= 0.6 is 0 Å². The van der Waals surface area contributed by atoms with Crippen molar-refractivity contribution in [3.8, 4) is 0 Å². The smallest absolute Gasteiger partial charge is 0.410 e. The van der Waals surface area contributed by atoms with Crippen LogP contribution in [-0.4, -0.2) is 54.2 Å². The Morgan fingerprint density at radius 2 is 1.95 bits per heavy atom. The Bertz CT molecular complexity index is 282. The van der Waals surface area contributed by atoms with Gasteiger partial charge in [0, 0.05) is 13.1 Å². The Balaban J connectivity index is 2.31. The molecule has 0 bridgehead atoms. The lowest BCUT2D eigenvalue weighted by molar-refractivity contribution is 0.0287. The van der Waals surface area contributed by atoms with E-state index in [0.29, 0.717) is 5.92 Å². The van der Waals surface area contributed by atoms with Crippen molar-refractivity contribution in [3.05, 3.63) is 0 Å². The molecule has 1 amide bonds. The van der Waals surface area contributed by atoms with E-state index in [1.807, 2.05) is 25.7 Å². The summed E-state index contributed by atoms with van der Waals surface area (Å²) in [4.78, 5) is 16.3. The zero-order chi connectivity index (χ0) is 14.5. The summed E-state index contributed by atoms with van der Waals surface area (Å²) in [6, 6.07) is 0. The van der Waals surface area contributed by atoms with E-state index < -0.39 is 5.60 Å². The zero-order valence-corrected chi connectivity index (χ0v) is 13.2. The van der Waals surface area contributed by atoms with Crippen LogP contribution < -0.4 is 0 Å². The summed E-state index contributed by atoms with van der Waals surface area (Å²) < 4.78 is 5.41. The van der Waals surface area contributed by atoms with Gasteiger partial charge in [-0.25, -0.2) is 4.79 Å². The Morgan fingerprint density at radius 3 is 2.47 bits per heavy atom. The van der Waals surface area contributed by atoms with Crippen LogP contribution in [-0.2, 0) is 4.74 Å². The van der Waals surface area contributed by atoms with Crippen molar-refractivity contribution >= 4 is 6.09 Å². The molecule has 1 heterocycles. The number of hydrogen-bond acceptors (Lipinski definition) is 3. The summed E-state index contributed by atoms with van der Waals surface area (Å²) in [7, 11) is 0. The molecular formula is C15H30N2O2. The van der Waals surface area contributed by atoms with Gasteiger partial charge in [0.25, 0.3) is 0 Å². The predicted molar refractivity (Wildman–Crippen MR) is 78.3 cm³/mol. The lowest BCUT2D eigenvalue weighted by Crippen LogP contribution is -2.35. The fraction of sp³-hybridized carbons (Fsp3) is 0.933. The first kappa shape index (κ1) is 16.3. The quantitative estimate of drug-likeness (QED) is 0.770. The summed E-state index contributed by atoms with van der Waals surface area (Å²) in [5.41, 5.74) is -0.392. The highest BCUT2D eigenvalue weighted by molar-refractivity contribution is 5.68. The van der Waals surface area contributed by atoms with Gasteiger partial charge in [0.15, 0.2) is 0 Å². The lowest BCUT2D eigenvalue weighted by atomic mass is 10.0. The van der Waals surface area contributed by atoms with Gasteiger partial charge in [0.05, 0.1) is 0 Å². The second kappa shape index (κ2) is 7.13. The van der Waals surface area contributed by atoms with Gasteiger partial charge < -0.3 is 14.5 Å². The van der Waals surface area contributed by atoms with Gasteiger partial charge in [-0.1, -0.05) is 13.8 Å². The number of ether oxygens (including phenoxy) is 1. The molecule has 0 aromatic carbocycles. The molecule has 0 unspecified atom stereocenters. The van der Waals surface area contributed by atoms with Crippen LogP contribution in [0.2, 0.25) is 0 Å². The maximum Gasteiger partial charge on any atom is 0.410 e. The second-order valence-electron chi connectivity index (χ2n) is 6.40. The Kier molecular flexibility index (Phi) is 6.11. The normalized spacial score (nSPS) is 20.1. The van der Waals surface area contributed by atoms with E-state index in [4.69, 9.17) is 4.74 Å². The maximum atomic E-state index is 12.0. The van der Waals surface area contributed by atoms with Crippen LogP contribution in [0, 0.1) is 5.92 Å². The third kappa shape index (κ3) is 5.81. The van der Waals surface area contributed by atoms with Crippen LogP contribution in [0.4, 0.5) is 4.79 Å². The molecule has 0 aromatic heterocycles. The van der Waals surface area contributed by atoms with E-state index in [2.05, 4.69) is 18.7 Å². The lowest BCUT2D eigenvalue weighted by Gasteiger charge is -2.24. The first-order valence-corrected chi connectivity index (χ1v) is 7.56. The highest BCUT2D eigenvalue weighted by atomic mass is 16.6. The molecule has 4 nitrogen and oxygen atoms in total. The topological polar surface area (TPSA) is 32.8 Å². The molecule has 19 heavy (non-hydrogen) atoms. The molecular weight excluding hydrogens is 240 g/mol. The Hall–Kier alpha value is -0.770. The second-order valence-corrected chi connectivity index (χ2v) is 6.40. The maximum absolute atomic E-state index is 12.0. The predicted octanol–water partition coefficient (Wildman–Crippen LogP) is 2.98. The average molecular weight is 270 g/mol. The molecule has 1 aliphatic heterocycles. The Labute approximate surface area is 118 Å².